The molecule has 0 spiro atoms. The van der Waals surface area contributed by atoms with Crippen LogP contribution in [0.15, 0.2) is 12.3 Å². The van der Waals surface area contributed by atoms with Gasteiger partial charge in [0.2, 0.25) is 0 Å². The molecule has 2 N–H and O–H groups in total. The van der Waals surface area contributed by atoms with Gasteiger partial charge in [0.25, 0.3) is 0 Å². The molecular formula is C11H19N3O. The zero-order valence-electron chi connectivity index (χ0n) is 9.60. The van der Waals surface area contributed by atoms with Gasteiger partial charge >= 0.3 is 0 Å². The van der Waals surface area contributed by atoms with E-state index in [2.05, 4.69) is 18.9 Å². The van der Waals surface area contributed by atoms with Crippen LogP contribution in [-0.4, -0.2) is 21.6 Å². The lowest BCUT2D eigenvalue weighted by Crippen LogP contribution is -2.20. The Kier molecular flexibility index (Phi) is 4.03. The van der Waals surface area contributed by atoms with Crippen molar-refractivity contribution in [1.82, 2.24) is 9.78 Å². The van der Waals surface area contributed by atoms with Crippen molar-refractivity contribution in [3.63, 3.8) is 0 Å². The highest BCUT2D eigenvalue weighted by Gasteiger charge is 2.09. The fourth-order valence-corrected chi connectivity index (χ4v) is 1.39. The van der Waals surface area contributed by atoms with Crippen LogP contribution in [0.5, 0.6) is 0 Å². The second-order valence-corrected chi connectivity index (χ2v) is 4.28. The highest BCUT2D eigenvalue weighted by molar-refractivity contribution is 5.80. The number of nitrogens with two attached hydrogens (primary N) is 1. The third kappa shape index (κ3) is 3.83. The molecule has 1 heterocycles. The molecule has 0 saturated heterocycles. The lowest BCUT2D eigenvalue weighted by Gasteiger charge is -2.04. The summed E-state index contributed by atoms with van der Waals surface area (Å²) in [5.74, 6) is 0.152. The van der Waals surface area contributed by atoms with E-state index in [1.807, 2.05) is 23.9 Å². The summed E-state index contributed by atoms with van der Waals surface area (Å²) in [6.45, 7) is 5.95. The first-order valence-electron chi connectivity index (χ1n) is 5.30. The third-order valence-corrected chi connectivity index (χ3v) is 2.12. The van der Waals surface area contributed by atoms with Gasteiger partial charge < -0.3 is 5.73 Å². The van der Waals surface area contributed by atoms with Gasteiger partial charge in [-0.25, -0.2) is 0 Å². The highest BCUT2D eigenvalue weighted by atomic mass is 16.1. The highest BCUT2D eigenvalue weighted by Crippen LogP contribution is 2.06. The average Bonchev–Trinajstić information content (AvgIpc) is 2.50. The van der Waals surface area contributed by atoms with E-state index in [9.17, 15) is 4.79 Å². The summed E-state index contributed by atoms with van der Waals surface area (Å²) in [6.07, 6.45) is 2.72. The minimum Gasteiger partial charge on any atom is -0.328 e. The summed E-state index contributed by atoms with van der Waals surface area (Å²) < 4.78 is 1.86. The molecule has 0 radical (unpaired) electrons. The van der Waals surface area contributed by atoms with Crippen LogP contribution >= 0.6 is 0 Å². The number of rotatable bonds is 5. The Labute approximate surface area is 90.5 Å². The summed E-state index contributed by atoms with van der Waals surface area (Å²) in [5, 5.41) is 4.31. The minimum atomic E-state index is -0.0651. The second kappa shape index (κ2) is 5.07. The molecule has 0 aromatic carbocycles. The Morgan fingerprint density at radius 2 is 2.20 bits per heavy atom. The topological polar surface area (TPSA) is 60.9 Å². The maximum Gasteiger partial charge on any atom is 0.140 e. The number of carbonyl (C=O) groups is 1. The van der Waals surface area contributed by atoms with Crippen molar-refractivity contribution in [2.24, 2.45) is 5.73 Å². The molecule has 0 aliphatic carbocycles. The summed E-state index contributed by atoms with van der Waals surface area (Å²) in [7, 11) is 0. The first kappa shape index (κ1) is 11.9. The van der Waals surface area contributed by atoms with Gasteiger partial charge in [-0.1, -0.05) is 0 Å². The Bertz CT molecular complexity index is 328. The molecule has 1 aromatic heterocycles. The zero-order valence-corrected chi connectivity index (χ0v) is 9.60. The Morgan fingerprint density at radius 1 is 1.53 bits per heavy atom. The van der Waals surface area contributed by atoms with Gasteiger partial charge in [0.05, 0.1) is 12.1 Å². The standard InChI is InChI=1S/C11H19N3O/c1-8(2)14-5-4-10(13-14)7-11(15)6-9(3)12/h4-5,8-9H,6-7,12H2,1-3H3. The minimum absolute atomic E-state index is 0.0651. The van der Waals surface area contributed by atoms with Crippen molar-refractivity contribution in [1.29, 1.82) is 0 Å². The smallest absolute Gasteiger partial charge is 0.140 e. The van der Waals surface area contributed by atoms with Crippen LogP contribution in [0.3, 0.4) is 0 Å². The van der Waals surface area contributed by atoms with Crippen LogP contribution in [0, 0.1) is 0 Å². The summed E-state index contributed by atoms with van der Waals surface area (Å²) in [6, 6.07) is 2.16. The SMILES string of the molecule is CC(N)CC(=O)Cc1ccn(C(C)C)n1. The fourth-order valence-electron chi connectivity index (χ4n) is 1.39. The van der Waals surface area contributed by atoms with Gasteiger partial charge in [0.15, 0.2) is 0 Å². The zero-order chi connectivity index (χ0) is 11.4. The predicted octanol–water partition coefficient (Wildman–Crippen LogP) is 1.31. The molecule has 15 heavy (non-hydrogen) atoms. The molecule has 0 amide bonds. The van der Waals surface area contributed by atoms with E-state index in [0.717, 1.165) is 5.69 Å². The maximum absolute atomic E-state index is 11.5. The first-order chi connectivity index (χ1) is 6.99. The summed E-state index contributed by atoms with van der Waals surface area (Å²) in [5.41, 5.74) is 6.38. The number of ketones is 1. The van der Waals surface area contributed by atoms with Crippen LogP contribution < -0.4 is 5.73 Å². The van der Waals surface area contributed by atoms with E-state index in [0.29, 0.717) is 18.9 Å². The second-order valence-electron chi connectivity index (χ2n) is 4.28. The van der Waals surface area contributed by atoms with Gasteiger partial charge in [-0.2, -0.15) is 5.10 Å². The molecule has 1 aromatic rings. The fraction of sp³-hybridized carbons (Fsp3) is 0.636. The van der Waals surface area contributed by atoms with Crippen molar-refractivity contribution < 1.29 is 4.79 Å². The predicted molar refractivity (Wildman–Crippen MR) is 59.6 cm³/mol. The molecule has 4 heteroatoms. The number of carbonyl (C=O) groups excluding carboxylic acids is 1. The van der Waals surface area contributed by atoms with Gasteiger partial charge in [-0.05, 0) is 26.8 Å². The molecule has 84 valence electrons. The molecular weight excluding hydrogens is 190 g/mol. The maximum atomic E-state index is 11.5. The molecule has 1 atom stereocenters. The van der Waals surface area contributed by atoms with Crippen LogP contribution in [0.25, 0.3) is 0 Å². The van der Waals surface area contributed by atoms with Crippen LogP contribution in [-0.2, 0) is 11.2 Å². The molecule has 1 rings (SSSR count). The van der Waals surface area contributed by atoms with Crippen molar-refractivity contribution in [2.75, 3.05) is 0 Å². The number of hydrogen-bond acceptors (Lipinski definition) is 3. The van der Waals surface area contributed by atoms with Gasteiger partial charge in [0.1, 0.15) is 5.78 Å². The van der Waals surface area contributed by atoms with Gasteiger partial charge in [-0.15, -0.1) is 0 Å². The molecule has 0 aliphatic heterocycles. The van der Waals surface area contributed by atoms with Gasteiger partial charge in [-0.3, -0.25) is 9.48 Å². The number of hydrogen-bond donors (Lipinski definition) is 1. The molecule has 0 bridgehead atoms. The van der Waals surface area contributed by atoms with Crippen LogP contribution in [0.4, 0.5) is 0 Å². The van der Waals surface area contributed by atoms with Crippen molar-refractivity contribution >= 4 is 5.78 Å². The monoisotopic (exact) mass is 209 g/mol. The van der Waals surface area contributed by atoms with Crippen molar-refractivity contribution in [3.8, 4) is 0 Å². The molecule has 1 unspecified atom stereocenters. The summed E-state index contributed by atoms with van der Waals surface area (Å²) >= 11 is 0. The van der Waals surface area contributed by atoms with E-state index < -0.39 is 0 Å². The van der Waals surface area contributed by atoms with Crippen LogP contribution in [0.2, 0.25) is 0 Å². The Hall–Kier alpha value is -1.16. The molecule has 0 saturated carbocycles. The van der Waals surface area contributed by atoms with E-state index in [-0.39, 0.29) is 11.8 Å². The lowest BCUT2D eigenvalue weighted by atomic mass is 10.1. The van der Waals surface area contributed by atoms with E-state index in [1.165, 1.54) is 0 Å². The van der Waals surface area contributed by atoms with E-state index >= 15 is 0 Å². The van der Waals surface area contributed by atoms with Crippen molar-refractivity contribution in [2.45, 2.75) is 45.7 Å². The average molecular weight is 209 g/mol. The Morgan fingerprint density at radius 3 is 2.67 bits per heavy atom. The Balaban J connectivity index is 2.53. The number of Topliss-reactive ketones (excluding diaryl/α,β-unsaturated/α-hetero) is 1. The lowest BCUT2D eigenvalue weighted by molar-refractivity contribution is -0.118. The molecule has 4 nitrogen and oxygen atoms in total. The van der Waals surface area contributed by atoms with Crippen molar-refractivity contribution in [3.05, 3.63) is 18.0 Å². The van der Waals surface area contributed by atoms with E-state index in [4.69, 9.17) is 5.73 Å². The van der Waals surface area contributed by atoms with E-state index in [1.54, 1.807) is 0 Å². The molecule has 0 fully saturated rings. The largest absolute Gasteiger partial charge is 0.328 e. The van der Waals surface area contributed by atoms with Crippen LogP contribution in [0.1, 0.15) is 38.9 Å². The quantitative estimate of drug-likeness (QED) is 0.795. The summed E-state index contributed by atoms with van der Waals surface area (Å²) in [4.78, 5) is 11.5. The van der Waals surface area contributed by atoms with Gasteiger partial charge in [0, 0.05) is 24.7 Å². The number of aromatic nitrogens is 2. The third-order valence-electron chi connectivity index (χ3n) is 2.12. The first-order valence-corrected chi connectivity index (χ1v) is 5.30. The number of nitrogens with zero attached hydrogens (tertiary/aromatic N) is 2. The molecule has 0 aliphatic rings. The normalized spacial score (nSPS) is 13.1.